The van der Waals surface area contributed by atoms with E-state index in [1.807, 2.05) is 22.4 Å². The van der Waals surface area contributed by atoms with Crippen molar-refractivity contribution in [2.45, 2.75) is 25.3 Å². The van der Waals surface area contributed by atoms with E-state index in [0.717, 1.165) is 30.8 Å². The molecule has 0 aliphatic heterocycles. The lowest BCUT2D eigenvalue weighted by atomic mass is 10.3. The number of hydrogen-bond donors (Lipinski definition) is 1. The summed E-state index contributed by atoms with van der Waals surface area (Å²) in [5, 5.41) is 7.97. The molecule has 0 atom stereocenters. The Hall–Kier alpha value is -1.33. The summed E-state index contributed by atoms with van der Waals surface area (Å²) in [6, 6.07) is 8.57. The van der Waals surface area contributed by atoms with Gasteiger partial charge in [-0.25, -0.2) is 4.79 Å². The number of hydrogen-bond acceptors (Lipinski definition) is 3. The minimum Gasteiger partial charge on any atom is -0.321 e. The van der Waals surface area contributed by atoms with Gasteiger partial charge in [-0.1, -0.05) is 6.07 Å². The third kappa shape index (κ3) is 3.36. The first kappa shape index (κ1) is 12.7. The van der Waals surface area contributed by atoms with Gasteiger partial charge in [0.2, 0.25) is 0 Å². The fraction of sp³-hybridized carbons (Fsp3) is 0.357. The van der Waals surface area contributed by atoms with Crippen molar-refractivity contribution in [3.63, 3.8) is 0 Å². The lowest BCUT2D eigenvalue weighted by Gasteiger charge is -2.22. The fourth-order valence-corrected chi connectivity index (χ4v) is 3.35. The minimum absolute atomic E-state index is 0.0431. The van der Waals surface area contributed by atoms with E-state index >= 15 is 0 Å². The number of nitrogens with zero attached hydrogens (tertiary/aromatic N) is 1. The van der Waals surface area contributed by atoms with Crippen molar-refractivity contribution >= 4 is 33.7 Å². The molecule has 2 heterocycles. The third-order valence-electron chi connectivity index (χ3n) is 3.18. The summed E-state index contributed by atoms with van der Waals surface area (Å²) >= 11 is 3.32. The minimum atomic E-state index is 0.0431. The van der Waals surface area contributed by atoms with Crippen LogP contribution < -0.4 is 5.32 Å². The molecule has 0 unspecified atom stereocenters. The molecule has 0 saturated heterocycles. The van der Waals surface area contributed by atoms with E-state index < -0.39 is 0 Å². The van der Waals surface area contributed by atoms with Crippen LogP contribution >= 0.6 is 22.7 Å². The van der Waals surface area contributed by atoms with Crippen molar-refractivity contribution in [3.8, 4) is 0 Å². The predicted octanol–water partition coefficient (Wildman–Crippen LogP) is 4.05. The quantitative estimate of drug-likeness (QED) is 0.886. The van der Waals surface area contributed by atoms with Gasteiger partial charge in [0.25, 0.3) is 0 Å². The van der Waals surface area contributed by atoms with Crippen molar-refractivity contribution < 1.29 is 4.79 Å². The van der Waals surface area contributed by atoms with E-state index in [9.17, 15) is 4.79 Å². The number of urea groups is 1. The number of carbonyl (C=O) groups excluding carboxylic acids is 1. The van der Waals surface area contributed by atoms with E-state index in [1.54, 1.807) is 22.7 Å². The maximum Gasteiger partial charge on any atom is 0.322 e. The Morgan fingerprint density at radius 2 is 2.05 bits per heavy atom. The lowest BCUT2D eigenvalue weighted by Crippen LogP contribution is -2.38. The maximum atomic E-state index is 12.3. The molecule has 3 rings (SSSR count). The molecular formula is C14H16N2OS2. The molecule has 5 heteroatoms. The molecule has 2 aromatic heterocycles. The topological polar surface area (TPSA) is 32.3 Å². The van der Waals surface area contributed by atoms with Gasteiger partial charge in [-0.2, -0.15) is 0 Å². The first-order chi connectivity index (χ1) is 9.33. The zero-order chi connectivity index (χ0) is 13.1. The number of rotatable bonds is 5. The van der Waals surface area contributed by atoms with Crippen LogP contribution in [0, 0.1) is 0 Å². The van der Waals surface area contributed by atoms with Crippen molar-refractivity contribution in [3.05, 3.63) is 39.9 Å². The van der Waals surface area contributed by atoms with E-state index in [-0.39, 0.29) is 6.03 Å². The van der Waals surface area contributed by atoms with Gasteiger partial charge < -0.3 is 4.90 Å². The van der Waals surface area contributed by atoms with E-state index in [1.165, 1.54) is 4.88 Å². The normalized spacial score (nSPS) is 14.3. The van der Waals surface area contributed by atoms with Gasteiger partial charge in [0, 0.05) is 17.5 Å². The van der Waals surface area contributed by atoms with Crippen molar-refractivity contribution in [1.82, 2.24) is 4.90 Å². The average molecular weight is 292 g/mol. The molecule has 19 heavy (non-hydrogen) atoms. The lowest BCUT2D eigenvalue weighted by molar-refractivity contribution is 0.209. The summed E-state index contributed by atoms with van der Waals surface area (Å²) in [5.41, 5.74) is 0. The van der Waals surface area contributed by atoms with Crippen molar-refractivity contribution in [2.75, 3.05) is 11.9 Å². The molecule has 2 aromatic rings. The summed E-state index contributed by atoms with van der Waals surface area (Å²) in [5.74, 6) is 0. The first-order valence-electron chi connectivity index (χ1n) is 6.46. The van der Waals surface area contributed by atoms with Crippen LogP contribution in [0.15, 0.2) is 35.0 Å². The van der Waals surface area contributed by atoms with Crippen molar-refractivity contribution in [1.29, 1.82) is 0 Å². The SMILES string of the molecule is O=C(Nc1cccs1)N(CCc1cccs1)C1CC1. The Morgan fingerprint density at radius 1 is 1.26 bits per heavy atom. The highest BCUT2D eigenvalue weighted by atomic mass is 32.1. The molecule has 0 spiro atoms. The van der Waals surface area contributed by atoms with E-state index in [4.69, 9.17) is 0 Å². The van der Waals surface area contributed by atoms with Crippen LogP contribution in [0.4, 0.5) is 9.80 Å². The Balaban J connectivity index is 1.59. The van der Waals surface area contributed by atoms with Gasteiger partial charge in [0.15, 0.2) is 0 Å². The Labute approximate surface area is 120 Å². The largest absolute Gasteiger partial charge is 0.322 e. The van der Waals surface area contributed by atoms with Gasteiger partial charge in [-0.15, -0.1) is 22.7 Å². The Kier molecular flexibility index (Phi) is 3.84. The monoisotopic (exact) mass is 292 g/mol. The third-order valence-corrected chi connectivity index (χ3v) is 4.90. The van der Waals surface area contributed by atoms with Gasteiger partial charge in [-0.3, -0.25) is 5.32 Å². The molecule has 0 aromatic carbocycles. The molecule has 3 nitrogen and oxygen atoms in total. The zero-order valence-corrected chi connectivity index (χ0v) is 12.2. The molecule has 1 aliphatic carbocycles. The second-order valence-corrected chi connectivity index (χ2v) is 6.64. The molecule has 1 N–H and O–H groups in total. The number of thiophene rings is 2. The van der Waals surface area contributed by atoms with Gasteiger partial charge >= 0.3 is 6.03 Å². The molecular weight excluding hydrogens is 276 g/mol. The number of anilines is 1. The molecule has 100 valence electrons. The molecule has 0 radical (unpaired) electrons. The van der Waals surface area contributed by atoms with Gasteiger partial charge in [0.05, 0.1) is 5.00 Å². The summed E-state index contributed by atoms with van der Waals surface area (Å²) in [7, 11) is 0. The predicted molar refractivity (Wildman–Crippen MR) is 81.1 cm³/mol. The van der Waals surface area contributed by atoms with Gasteiger partial charge in [0.1, 0.15) is 0 Å². The number of nitrogens with one attached hydrogen (secondary N) is 1. The van der Waals surface area contributed by atoms with Crippen LogP contribution in [0.1, 0.15) is 17.7 Å². The first-order valence-corrected chi connectivity index (χ1v) is 8.22. The van der Waals surface area contributed by atoms with Crippen molar-refractivity contribution in [2.24, 2.45) is 0 Å². The van der Waals surface area contributed by atoms with Crippen LogP contribution in [0.5, 0.6) is 0 Å². The second kappa shape index (κ2) is 5.75. The highest BCUT2D eigenvalue weighted by Crippen LogP contribution is 2.28. The molecule has 2 amide bonds. The fourth-order valence-electron chi connectivity index (χ4n) is 2.05. The van der Waals surface area contributed by atoms with Crippen LogP contribution in [0.25, 0.3) is 0 Å². The number of amides is 2. The molecule has 1 saturated carbocycles. The zero-order valence-electron chi connectivity index (χ0n) is 10.5. The molecule has 1 aliphatic rings. The highest BCUT2D eigenvalue weighted by Gasteiger charge is 2.32. The Bertz CT molecular complexity index is 518. The standard InChI is InChI=1S/C14H16N2OS2/c17-14(15-13-4-2-10-19-13)16(11-5-6-11)8-7-12-3-1-9-18-12/h1-4,9-11H,5-8H2,(H,15,17). The van der Waals surface area contributed by atoms with Crippen LogP contribution in [-0.4, -0.2) is 23.5 Å². The van der Waals surface area contributed by atoms with Crippen LogP contribution in [0.3, 0.4) is 0 Å². The summed E-state index contributed by atoms with van der Waals surface area (Å²) in [6.07, 6.45) is 3.23. The average Bonchev–Trinajstić information content (AvgIpc) is 2.91. The summed E-state index contributed by atoms with van der Waals surface area (Å²) < 4.78 is 0. The Morgan fingerprint density at radius 3 is 2.68 bits per heavy atom. The second-order valence-electron chi connectivity index (χ2n) is 4.66. The maximum absolute atomic E-state index is 12.3. The van der Waals surface area contributed by atoms with Crippen LogP contribution in [-0.2, 0) is 6.42 Å². The highest BCUT2D eigenvalue weighted by molar-refractivity contribution is 7.14. The van der Waals surface area contributed by atoms with Gasteiger partial charge in [-0.05, 0) is 48.2 Å². The van der Waals surface area contributed by atoms with Crippen LogP contribution in [0.2, 0.25) is 0 Å². The number of carbonyl (C=O) groups is 1. The summed E-state index contributed by atoms with van der Waals surface area (Å²) in [4.78, 5) is 15.6. The molecule has 1 fully saturated rings. The summed E-state index contributed by atoms with van der Waals surface area (Å²) in [6.45, 7) is 0.808. The smallest absolute Gasteiger partial charge is 0.321 e. The van der Waals surface area contributed by atoms with E-state index in [2.05, 4.69) is 22.8 Å². The molecule has 0 bridgehead atoms. The van der Waals surface area contributed by atoms with E-state index in [0.29, 0.717) is 6.04 Å².